The molecule has 1 aromatic carbocycles. The van der Waals surface area contributed by atoms with Crippen LogP contribution in [0.25, 0.3) is 22.4 Å². The number of rotatable bonds is 7. The summed E-state index contributed by atoms with van der Waals surface area (Å²) in [4.78, 5) is 18.2. The van der Waals surface area contributed by atoms with Crippen molar-refractivity contribution in [1.29, 1.82) is 0 Å². The topological polar surface area (TPSA) is 95.1 Å². The van der Waals surface area contributed by atoms with Crippen molar-refractivity contribution >= 4 is 17.0 Å². The molecule has 0 saturated heterocycles. The highest BCUT2D eigenvalue weighted by Crippen LogP contribution is 2.41. The summed E-state index contributed by atoms with van der Waals surface area (Å²) in [5.74, 6) is 0.881. The van der Waals surface area contributed by atoms with Crippen molar-refractivity contribution in [3.8, 4) is 17.0 Å². The van der Waals surface area contributed by atoms with E-state index in [4.69, 9.17) is 9.26 Å². The summed E-state index contributed by atoms with van der Waals surface area (Å²) in [5, 5.41) is 12.3. The number of pyridine rings is 1. The summed E-state index contributed by atoms with van der Waals surface area (Å²) in [6.45, 7) is 4.72. The first-order valence-electron chi connectivity index (χ1n) is 10.9. The number of carbonyl (C=O) groups is 1. The van der Waals surface area contributed by atoms with Gasteiger partial charge in [-0.3, -0.25) is 9.48 Å². The molecule has 1 saturated carbocycles. The van der Waals surface area contributed by atoms with E-state index in [9.17, 15) is 4.79 Å². The van der Waals surface area contributed by atoms with Crippen LogP contribution in [-0.4, -0.2) is 32.9 Å². The Labute approximate surface area is 185 Å². The lowest BCUT2D eigenvalue weighted by Crippen LogP contribution is -2.28. The molecule has 1 amide bonds. The third-order valence-corrected chi connectivity index (χ3v) is 5.89. The maximum atomic E-state index is 13.5. The van der Waals surface area contributed by atoms with Gasteiger partial charge in [0, 0.05) is 29.9 Å². The minimum Gasteiger partial charge on any atom is -0.497 e. The zero-order valence-corrected chi connectivity index (χ0v) is 18.3. The smallest absolute Gasteiger partial charge is 0.259 e. The Hall–Kier alpha value is -3.68. The summed E-state index contributed by atoms with van der Waals surface area (Å²) in [5.41, 5.74) is 4.10. The summed E-state index contributed by atoms with van der Waals surface area (Å²) in [6.07, 6.45) is 3.89. The molecule has 0 bridgehead atoms. The van der Waals surface area contributed by atoms with E-state index in [2.05, 4.69) is 20.6 Å². The van der Waals surface area contributed by atoms with Crippen molar-refractivity contribution in [2.45, 2.75) is 45.2 Å². The van der Waals surface area contributed by atoms with E-state index in [1.165, 1.54) is 0 Å². The Bertz CT molecular complexity index is 1290. The Morgan fingerprint density at radius 3 is 2.91 bits per heavy atom. The number of hydrogen-bond acceptors (Lipinski definition) is 6. The first-order chi connectivity index (χ1) is 15.6. The highest BCUT2D eigenvalue weighted by Gasteiger charge is 2.30. The quantitative estimate of drug-likeness (QED) is 0.463. The zero-order valence-electron chi connectivity index (χ0n) is 18.3. The second-order valence-corrected chi connectivity index (χ2v) is 8.08. The van der Waals surface area contributed by atoms with E-state index < -0.39 is 0 Å². The number of benzene rings is 1. The number of carbonyl (C=O) groups excluding carboxylic acids is 1. The van der Waals surface area contributed by atoms with Gasteiger partial charge in [0.05, 0.1) is 29.8 Å². The van der Waals surface area contributed by atoms with Gasteiger partial charge in [0.25, 0.3) is 11.6 Å². The first kappa shape index (κ1) is 20.2. The average molecular weight is 431 g/mol. The SMILES string of the molecule is CCn1nccc1C(C)NC(=O)c1cc(C2CC2)nc2onc(-c3cccc(OC)c3)c12. The molecule has 1 aliphatic rings. The third-order valence-electron chi connectivity index (χ3n) is 5.89. The first-order valence-corrected chi connectivity index (χ1v) is 10.9. The number of aromatic nitrogens is 4. The van der Waals surface area contributed by atoms with E-state index in [0.29, 0.717) is 34.0 Å². The van der Waals surface area contributed by atoms with Crippen LogP contribution in [0.5, 0.6) is 5.75 Å². The van der Waals surface area contributed by atoms with Crippen LogP contribution in [0.2, 0.25) is 0 Å². The van der Waals surface area contributed by atoms with Crippen LogP contribution in [0.4, 0.5) is 0 Å². The van der Waals surface area contributed by atoms with Crippen LogP contribution in [0, 0.1) is 0 Å². The summed E-state index contributed by atoms with van der Waals surface area (Å²) in [6, 6.07) is 11.1. The number of methoxy groups -OCH3 is 1. The van der Waals surface area contributed by atoms with E-state index in [-0.39, 0.29) is 11.9 Å². The van der Waals surface area contributed by atoms with Gasteiger partial charge in [0.1, 0.15) is 11.4 Å². The number of ether oxygens (including phenoxy) is 1. The Balaban J connectivity index is 1.58. The molecule has 1 aliphatic carbocycles. The predicted octanol–water partition coefficient (Wildman–Crippen LogP) is 4.48. The Morgan fingerprint density at radius 2 is 2.16 bits per heavy atom. The molecule has 32 heavy (non-hydrogen) atoms. The minimum absolute atomic E-state index is 0.192. The lowest BCUT2D eigenvalue weighted by atomic mass is 10.0. The molecular weight excluding hydrogens is 406 g/mol. The molecule has 8 heteroatoms. The standard InChI is InChI=1S/C24H25N5O3/c1-4-29-20(10-11-25-29)14(2)26-23(30)18-13-19(15-8-9-15)27-24-21(18)22(28-32-24)16-6-5-7-17(12-16)31-3/h5-7,10-15H,4,8-9H2,1-3H3,(H,26,30). The molecule has 1 fully saturated rings. The normalized spacial score (nSPS) is 14.5. The number of fused-ring (bicyclic) bond motifs is 1. The van der Waals surface area contributed by atoms with Crippen LogP contribution >= 0.6 is 0 Å². The number of nitrogens with zero attached hydrogens (tertiary/aromatic N) is 4. The minimum atomic E-state index is -0.210. The molecule has 0 aliphatic heterocycles. The predicted molar refractivity (Wildman–Crippen MR) is 120 cm³/mol. The maximum absolute atomic E-state index is 13.5. The highest BCUT2D eigenvalue weighted by molar-refractivity contribution is 6.09. The fourth-order valence-corrected chi connectivity index (χ4v) is 4.03. The van der Waals surface area contributed by atoms with Crippen LogP contribution in [-0.2, 0) is 6.54 Å². The fourth-order valence-electron chi connectivity index (χ4n) is 4.03. The Morgan fingerprint density at radius 1 is 1.31 bits per heavy atom. The van der Waals surface area contributed by atoms with E-state index in [1.54, 1.807) is 13.3 Å². The number of nitrogens with one attached hydrogen (secondary N) is 1. The summed E-state index contributed by atoms with van der Waals surface area (Å²) < 4.78 is 12.8. The van der Waals surface area contributed by atoms with E-state index >= 15 is 0 Å². The molecule has 3 aromatic heterocycles. The van der Waals surface area contributed by atoms with Gasteiger partial charge in [-0.05, 0) is 51.0 Å². The van der Waals surface area contributed by atoms with Crippen LogP contribution in [0.3, 0.4) is 0 Å². The van der Waals surface area contributed by atoms with Crippen LogP contribution < -0.4 is 10.1 Å². The number of amides is 1. The highest BCUT2D eigenvalue weighted by atomic mass is 16.5. The van der Waals surface area contributed by atoms with Crippen molar-refractivity contribution in [1.82, 2.24) is 25.2 Å². The molecular formula is C24H25N5O3. The van der Waals surface area contributed by atoms with Gasteiger partial charge in [-0.2, -0.15) is 5.10 Å². The molecule has 8 nitrogen and oxygen atoms in total. The molecule has 3 heterocycles. The summed E-state index contributed by atoms with van der Waals surface area (Å²) >= 11 is 0. The number of aryl methyl sites for hydroxylation is 1. The molecule has 0 spiro atoms. The molecule has 1 N–H and O–H groups in total. The molecule has 164 valence electrons. The van der Waals surface area contributed by atoms with Crippen LogP contribution in [0.1, 0.15) is 60.4 Å². The molecule has 0 radical (unpaired) electrons. The second-order valence-electron chi connectivity index (χ2n) is 8.08. The molecule has 1 unspecified atom stereocenters. The van der Waals surface area contributed by atoms with Gasteiger partial charge >= 0.3 is 0 Å². The van der Waals surface area contributed by atoms with Crippen LogP contribution in [0.15, 0.2) is 47.1 Å². The van der Waals surface area contributed by atoms with E-state index in [0.717, 1.165) is 36.3 Å². The average Bonchev–Trinajstić information content (AvgIpc) is 3.40. The van der Waals surface area contributed by atoms with Gasteiger partial charge in [-0.1, -0.05) is 17.3 Å². The van der Waals surface area contributed by atoms with Gasteiger partial charge < -0.3 is 14.6 Å². The van der Waals surface area contributed by atoms with Crippen molar-refractivity contribution in [2.75, 3.05) is 7.11 Å². The molecule has 1 atom stereocenters. The maximum Gasteiger partial charge on any atom is 0.259 e. The summed E-state index contributed by atoms with van der Waals surface area (Å²) in [7, 11) is 1.62. The second kappa shape index (κ2) is 8.11. The number of hydrogen-bond donors (Lipinski definition) is 1. The molecule has 4 aromatic rings. The van der Waals surface area contributed by atoms with Crippen molar-refractivity contribution in [2.24, 2.45) is 0 Å². The van der Waals surface area contributed by atoms with Gasteiger partial charge in [-0.15, -0.1) is 0 Å². The van der Waals surface area contributed by atoms with Gasteiger partial charge in [0.15, 0.2) is 0 Å². The lowest BCUT2D eigenvalue weighted by Gasteiger charge is -2.16. The lowest BCUT2D eigenvalue weighted by molar-refractivity contribution is 0.0939. The largest absolute Gasteiger partial charge is 0.497 e. The van der Waals surface area contributed by atoms with Crippen molar-refractivity contribution < 1.29 is 14.1 Å². The monoisotopic (exact) mass is 431 g/mol. The molecule has 5 rings (SSSR count). The van der Waals surface area contributed by atoms with Gasteiger partial charge in [0.2, 0.25) is 0 Å². The fraction of sp³-hybridized carbons (Fsp3) is 0.333. The van der Waals surface area contributed by atoms with E-state index in [1.807, 2.05) is 54.9 Å². The zero-order chi connectivity index (χ0) is 22.2. The van der Waals surface area contributed by atoms with Crippen molar-refractivity contribution in [3.05, 3.63) is 59.5 Å². The van der Waals surface area contributed by atoms with Gasteiger partial charge in [-0.25, -0.2) is 4.98 Å². The third kappa shape index (κ3) is 3.62. The Kier molecular flexibility index (Phi) is 5.13. The van der Waals surface area contributed by atoms with Crippen molar-refractivity contribution in [3.63, 3.8) is 0 Å².